The van der Waals surface area contributed by atoms with Gasteiger partial charge in [0.2, 0.25) is 5.95 Å². The Hall–Kier alpha value is -2.74. The van der Waals surface area contributed by atoms with Gasteiger partial charge < -0.3 is 35.8 Å². The van der Waals surface area contributed by atoms with Crippen LogP contribution in [0.4, 0.5) is 10.7 Å². The molecule has 0 bridgehead atoms. The summed E-state index contributed by atoms with van der Waals surface area (Å²) in [6.45, 7) is 4.37. The minimum absolute atomic E-state index is 0.0120. The SMILES string of the molecule is CC(C)(C)OC(=O)NCc1nc2c(=O)[nH]c(N)nc2n1[C@@H]1O[C@H](CO)[C@@H](O)[C@H]1O. The topological polar surface area (TPSA) is 198 Å². The highest BCUT2D eigenvalue weighted by molar-refractivity contribution is 5.72. The molecule has 1 saturated heterocycles. The van der Waals surface area contributed by atoms with Gasteiger partial charge in [-0.25, -0.2) is 9.78 Å². The number of carbonyl (C=O) groups is 1. The highest BCUT2D eigenvalue weighted by atomic mass is 16.6. The van der Waals surface area contributed by atoms with E-state index in [1.807, 2.05) is 0 Å². The Balaban J connectivity index is 2.01. The van der Waals surface area contributed by atoms with E-state index in [-0.39, 0.29) is 29.5 Å². The Labute approximate surface area is 164 Å². The molecule has 0 aromatic carbocycles. The molecule has 0 saturated carbocycles. The number of nitrogens with zero attached hydrogens (tertiary/aromatic N) is 3. The Morgan fingerprint density at radius 2 is 2.03 bits per heavy atom. The molecule has 4 atom stereocenters. The minimum Gasteiger partial charge on any atom is -0.444 e. The highest BCUT2D eigenvalue weighted by Crippen LogP contribution is 2.32. The van der Waals surface area contributed by atoms with Crippen LogP contribution in [0.15, 0.2) is 4.79 Å². The number of aliphatic hydroxyl groups is 3. The fourth-order valence-corrected chi connectivity index (χ4v) is 3.00. The summed E-state index contributed by atoms with van der Waals surface area (Å²) in [6, 6.07) is 0. The van der Waals surface area contributed by atoms with Gasteiger partial charge in [0.05, 0.1) is 13.2 Å². The van der Waals surface area contributed by atoms with Gasteiger partial charge >= 0.3 is 6.09 Å². The maximum Gasteiger partial charge on any atom is 0.408 e. The summed E-state index contributed by atoms with van der Waals surface area (Å²) < 4.78 is 12.0. The van der Waals surface area contributed by atoms with Gasteiger partial charge in [-0.05, 0) is 20.8 Å². The average molecular weight is 412 g/mol. The first-order valence-corrected chi connectivity index (χ1v) is 8.87. The molecule has 1 fully saturated rings. The number of H-pyrrole nitrogens is 1. The lowest BCUT2D eigenvalue weighted by Gasteiger charge is -2.21. The van der Waals surface area contributed by atoms with Crippen molar-refractivity contribution >= 4 is 23.2 Å². The quantitative estimate of drug-likeness (QED) is 0.338. The number of carbonyl (C=O) groups excluding carboxylic acids is 1. The summed E-state index contributed by atoms with van der Waals surface area (Å²) in [5.41, 5.74) is 4.16. The number of fused-ring (bicyclic) bond motifs is 1. The lowest BCUT2D eigenvalue weighted by Crippen LogP contribution is -2.35. The number of nitrogen functional groups attached to an aromatic ring is 1. The molecular weight excluding hydrogens is 388 g/mol. The van der Waals surface area contributed by atoms with Gasteiger partial charge in [0, 0.05) is 0 Å². The van der Waals surface area contributed by atoms with Gasteiger partial charge in [-0.3, -0.25) is 14.3 Å². The molecule has 160 valence electrons. The van der Waals surface area contributed by atoms with E-state index in [2.05, 4.69) is 20.3 Å². The predicted molar refractivity (Wildman–Crippen MR) is 98.6 cm³/mol. The molecule has 1 amide bonds. The van der Waals surface area contributed by atoms with Crippen molar-refractivity contribution in [2.45, 2.75) is 57.5 Å². The third-order valence-electron chi connectivity index (χ3n) is 4.20. The molecule has 2 aromatic rings. The number of amides is 1. The zero-order chi connectivity index (χ0) is 21.5. The van der Waals surface area contributed by atoms with Crippen LogP contribution in [-0.2, 0) is 16.0 Å². The van der Waals surface area contributed by atoms with Crippen LogP contribution in [-0.4, -0.2) is 71.5 Å². The number of hydrogen-bond donors (Lipinski definition) is 6. The normalized spacial score (nSPS) is 24.8. The molecular formula is C16H24N6O7. The van der Waals surface area contributed by atoms with Crippen molar-refractivity contribution in [2.24, 2.45) is 0 Å². The standard InChI is InChI=1S/C16H24N6O7/c1-16(2,3)29-15(27)18-4-7-19-8-11(20-14(17)21-12(8)26)22(7)13-10(25)9(24)6(5-23)28-13/h6,9-10,13,23-25H,4-5H2,1-3H3,(H,18,27)(H3,17,20,21,26)/t6-,9-,10-,13-/m1/s1. The lowest BCUT2D eigenvalue weighted by atomic mass is 10.1. The maximum atomic E-state index is 12.2. The summed E-state index contributed by atoms with van der Waals surface area (Å²) in [5.74, 6) is -0.0913. The average Bonchev–Trinajstić information content (AvgIpc) is 3.10. The molecule has 3 rings (SSSR count). The number of hydrogen-bond acceptors (Lipinski definition) is 10. The Bertz CT molecular complexity index is 965. The first kappa shape index (κ1) is 21.0. The fourth-order valence-electron chi connectivity index (χ4n) is 3.00. The van der Waals surface area contributed by atoms with Crippen molar-refractivity contribution in [1.29, 1.82) is 0 Å². The summed E-state index contributed by atoms with van der Waals surface area (Å²) in [5, 5.41) is 32.3. The molecule has 0 radical (unpaired) electrons. The smallest absolute Gasteiger partial charge is 0.408 e. The van der Waals surface area contributed by atoms with E-state index in [1.165, 1.54) is 4.57 Å². The van der Waals surface area contributed by atoms with E-state index in [0.29, 0.717) is 0 Å². The van der Waals surface area contributed by atoms with E-state index in [1.54, 1.807) is 20.8 Å². The highest BCUT2D eigenvalue weighted by Gasteiger charge is 2.45. The Morgan fingerprint density at radius 1 is 1.34 bits per heavy atom. The second kappa shape index (κ2) is 7.59. The van der Waals surface area contributed by atoms with Crippen molar-refractivity contribution < 1.29 is 29.6 Å². The lowest BCUT2D eigenvalue weighted by molar-refractivity contribution is -0.0523. The summed E-state index contributed by atoms with van der Waals surface area (Å²) >= 11 is 0. The largest absolute Gasteiger partial charge is 0.444 e. The van der Waals surface area contributed by atoms with Crippen molar-refractivity contribution in [2.75, 3.05) is 12.3 Å². The number of anilines is 1. The summed E-state index contributed by atoms with van der Waals surface area (Å²) in [4.78, 5) is 34.7. The molecule has 13 nitrogen and oxygen atoms in total. The van der Waals surface area contributed by atoms with Gasteiger partial charge in [0.15, 0.2) is 17.4 Å². The summed E-state index contributed by atoms with van der Waals surface area (Å²) in [6.07, 6.45) is -5.84. The van der Waals surface area contributed by atoms with Crippen LogP contribution < -0.4 is 16.6 Å². The number of alkyl carbamates (subject to hydrolysis) is 1. The zero-order valence-electron chi connectivity index (χ0n) is 16.1. The van der Waals surface area contributed by atoms with Crippen LogP contribution >= 0.6 is 0 Å². The number of imidazole rings is 1. The number of aromatic amines is 1. The second-order valence-corrected chi connectivity index (χ2v) is 7.61. The zero-order valence-corrected chi connectivity index (χ0v) is 16.1. The Kier molecular flexibility index (Phi) is 5.49. The molecule has 1 aliphatic heterocycles. The first-order chi connectivity index (χ1) is 13.5. The van der Waals surface area contributed by atoms with Gasteiger partial charge in [0.1, 0.15) is 29.7 Å². The summed E-state index contributed by atoms with van der Waals surface area (Å²) in [7, 11) is 0. The number of ether oxygens (including phenoxy) is 2. The first-order valence-electron chi connectivity index (χ1n) is 8.87. The molecule has 0 aliphatic carbocycles. The molecule has 1 aliphatic rings. The van der Waals surface area contributed by atoms with Crippen LogP contribution in [0.5, 0.6) is 0 Å². The minimum atomic E-state index is -1.45. The number of aromatic nitrogens is 4. The number of rotatable bonds is 4. The van der Waals surface area contributed by atoms with Crippen molar-refractivity contribution in [3.63, 3.8) is 0 Å². The predicted octanol–water partition coefficient (Wildman–Crippen LogP) is -1.66. The molecule has 2 aromatic heterocycles. The van der Waals surface area contributed by atoms with Crippen LogP contribution in [0.2, 0.25) is 0 Å². The van der Waals surface area contributed by atoms with Crippen LogP contribution in [0.3, 0.4) is 0 Å². The fraction of sp³-hybridized carbons (Fsp3) is 0.625. The van der Waals surface area contributed by atoms with E-state index in [0.717, 1.165) is 0 Å². The third kappa shape index (κ3) is 4.17. The molecule has 29 heavy (non-hydrogen) atoms. The molecule has 7 N–H and O–H groups in total. The third-order valence-corrected chi connectivity index (χ3v) is 4.20. The maximum absolute atomic E-state index is 12.2. The Morgan fingerprint density at radius 3 is 2.62 bits per heavy atom. The van der Waals surface area contributed by atoms with E-state index in [4.69, 9.17) is 15.2 Å². The van der Waals surface area contributed by atoms with Gasteiger partial charge in [0.25, 0.3) is 5.56 Å². The molecule has 13 heteroatoms. The van der Waals surface area contributed by atoms with E-state index >= 15 is 0 Å². The second-order valence-electron chi connectivity index (χ2n) is 7.61. The number of aliphatic hydroxyl groups excluding tert-OH is 3. The van der Waals surface area contributed by atoms with Crippen LogP contribution in [0, 0.1) is 0 Å². The van der Waals surface area contributed by atoms with Crippen LogP contribution in [0.1, 0.15) is 32.8 Å². The van der Waals surface area contributed by atoms with Crippen molar-refractivity contribution in [3.8, 4) is 0 Å². The van der Waals surface area contributed by atoms with Crippen molar-refractivity contribution in [1.82, 2.24) is 24.8 Å². The van der Waals surface area contributed by atoms with E-state index in [9.17, 15) is 24.9 Å². The van der Waals surface area contributed by atoms with Crippen LogP contribution in [0.25, 0.3) is 11.2 Å². The van der Waals surface area contributed by atoms with E-state index < -0.39 is 48.4 Å². The van der Waals surface area contributed by atoms with Crippen molar-refractivity contribution in [3.05, 3.63) is 16.2 Å². The molecule has 0 unspecified atom stereocenters. The molecule has 3 heterocycles. The van der Waals surface area contributed by atoms with Gasteiger partial charge in [-0.1, -0.05) is 0 Å². The molecule has 0 spiro atoms. The van der Waals surface area contributed by atoms with Gasteiger partial charge in [-0.15, -0.1) is 0 Å². The van der Waals surface area contributed by atoms with Gasteiger partial charge in [-0.2, -0.15) is 4.98 Å². The monoisotopic (exact) mass is 412 g/mol. The number of nitrogens with one attached hydrogen (secondary N) is 2. The number of nitrogens with two attached hydrogens (primary N) is 1.